The molecule has 3 aromatic carbocycles. The molecule has 0 amide bonds. The van der Waals surface area contributed by atoms with Crippen LogP contribution in [0.3, 0.4) is 0 Å². The number of benzene rings is 3. The van der Waals surface area contributed by atoms with Gasteiger partial charge in [-0.25, -0.2) is 4.85 Å². The summed E-state index contributed by atoms with van der Waals surface area (Å²) in [4.78, 5) is 3.91. The predicted molar refractivity (Wildman–Crippen MR) is 140 cm³/mol. The molecule has 0 N–H and O–H groups in total. The summed E-state index contributed by atoms with van der Waals surface area (Å²) in [7, 11) is 2.12. The van der Waals surface area contributed by atoms with E-state index in [1.165, 1.54) is 16.8 Å². The smallest absolute Gasteiger partial charge is 0.216 e. The van der Waals surface area contributed by atoms with Crippen molar-refractivity contribution >= 4 is 27.6 Å². The number of nitrogens with zero attached hydrogens (tertiary/aromatic N) is 2. The van der Waals surface area contributed by atoms with Crippen molar-refractivity contribution in [1.29, 1.82) is 0 Å². The van der Waals surface area contributed by atoms with Gasteiger partial charge in [-0.05, 0) is 42.0 Å². The Kier molecular flexibility index (Phi) is 5.25. The maximum atomic E-state index is 7.89. The predicted octanol–water partition coefficient (Wildman–Crippen LogP) is 8.34. The molecule has 5 aromatic rings. The highest BCUT2D eigenvalue weighted by Crippen LogP contribution is 2.46. The summed E-state index contributed by atoms with van der Waals surface area (Å²) in [5, 5.41) is 2.14. The number of aromatic nitrogens is 1. The molecule has 0 aliphatic rings. The van der Waals surface area contributed by atoms with Crippen molar-refractivity contribution in [3.05, 3.63) is 94.5 Å². The van der Waals surface area contributed by atoms with Gasteiger partial charge in [-0.15, -0.1) is 0 Å². The van der Waals surface area contributed by atoms with E-state index in [0.717, 1.165) is 49.9 Å². The molecule has 0 saturated carbocycles. The summed E-state index contributed by atoms with van der Waals surface area (Å²) in [5.74, 6) is 0.433. The van der Waals surface area contributed by atoms with Gasteiger partial charge in [0.1, 0.15) is 18.2 Å². The first kappa shape index (κ1) is 21.9. The summed E-state index contributed by atoms with van der Waals surface area (Å²) in [6.45, 7) is 18.7. The molecule has 0 unspecified atom stereocenters. The summed E-state index contributed by atoms with van der Waals surface area (Å²) in [5.41, 5.74) is 11.1. The van der Waals surface area contributed by atoms with Crippen LogP contribution in [0.2, 0.25) is 0 Å². The zero-order valence-electron chi connectivity index (χ0n) is 20.7. The van der Waals surface area contributed by atoms with E-state index in [1.807, 2.05) is 25.1 Å². The van der Waals surface area contributed by atoms with Crippen molar-refractivity contribution in [1.82, 2.24) is 0 Å². The number of furan rings is 1. The minimum atomic E-state index is 0.433. The largest absolute Gasteiger partial charge is 0.456 e. The van der Waals surface area contributed by atoms with Crippen LogP contribution in [0.25, 0.3) is 49.2 Å². The average molecular weight is 446 g/mol. The van der Waals surface area contributed by atoms with E-state index >= 15 is 0 Å². The standard InChI is InChI=1S/C31H29N2O/c1-18(2)23-16-21(5)33(7)26(17-23)27-19(3)13-14-24-25-15-20(4)29(32-6)28(31(25)34-30(24)27)22-11-9-8-10-12-22/h8-18H,1-5,7H3/q+1. The molecule has 0 aliphatic heterocycles. The van der Waals surface area contributed by atoms with Crippen molar-refractivity contribution in [3.8, 4) is 22.4 Å². The Morgan fingerprint density at radius 1 is 0.824 bits per heavy atom. The van der Waals surface area contributed by atoms with E-state index in [4.69, 9.17) is 11.0 Å². The van der Waals surface area contributed by atoms with Crippen molar-refractivity contribution < 1.29 is 8.98 Å². The topological polar surface area (TPSA) is 21.4 Å². The van der Waals surface area contributed by atoms with Gasteiger partial charge in [-0.3, -0.25) is 0 Å². The summed E-state index contributed by atoms with van der Waals surface area (Å²) >= 11 is 0. The third-order valence-corrected chi connectivity index (χ3v) is 6.97. The monoisotopic (exact) mass is 445 g/mol. The number of rotatable bonds is 3. The van der Waals surface area contributed by atoms with Crippen LogP contribution in [-0.4, -0.2) is 0 Å². The van der Waals surface area contributed by atoms with Gasteiger partial charge in [0.05, 0.1) is 12.1 Å². The molecule has 0 aliphatic carbocycles. The Hall–Kier alpha value is -3.90. The van der Waals surface area contributed by atoms with Crippen LogP contribution in [0.1, 0.15) is 42.1 Å². The molecular formula is C31H29N2O+. The van der Waals surface area contributed by atoms with Gasteiger partial charge in [0.15, 0.2) is 5.69 Å². The van der Waals surface area contributed by atoms with Crippen LogP contribution in [0, 0.1) is 27.3 Å². The number of hydrogen-bond donors (Lipinski definition) is 0. The number of pyridine rings is 1. The summed E-state index contributed by atoms with van der Waals surface area (Å²) < 4.78 is 8.99. The molecule has 3 heteroatoms. The third-order valence-electron chi connectivity index (χ3n) is 6.97. The molecule has 0 spiro atoms. The van der Waals surface area contributed by atoms with Gasteiger partial charge in [-0.2, -0.15) is 4.57 Å². The van der Waals surface area contributed by atoms with Crippen molar-refractivity contribution in [2.75, 3.05) is 0 Å². The van der Waals surface area contributed by atoms with Crippen LogP contribution in [0.5, 0.6) is 0 Å². The number of fused-ring (bicyclic) bond motifs is 3. The highest BCUT2D eigenvalue weighted by Gasteiger charge is 2.25. The van der Waals surface area contributed by atoms with Gasteiger partial charge < -0.3 is 4.42 Å². The molecule has 34 heavy (non-hydrogen) atoms. The Morgan fingerprint density at radius 2 is 1.53 bits per heavy atom. The molecule has 0 fully saturated rings. The number of hydrogen-bond acceptors (Lipinski definition) is 1. The first-order valence-electron chi connectivity index (χ1n) is 11.7. The van der Waals surface area contributed by atoms with Crippen molar-refractivity contribution in [3.63, 3.8) is 0 Å². The molecule has 0 bridgehead atoms. The second-order valence-electron chi connectivity index (χ2n) is 9.54. The molecule has 3 nitrogen and oxygen atoms in total. The van der Waals surface area contributed by atoms with Gasteiger partial charge in [-0.1, -0.05) is 62.4 Å². The fourth-order valence-electron chi connectivity index (χ4n) is 4.93. The van der Waals surface area contributed by atoms with Gasteiger partial charge in [0.25, 0.3) is 0 Å². The zero-order chi connectivity index (χ0) is 24.1. The molecule has 5 rings (SSSR count). The maximum Gasteiger partial charge on any atom is 0.216 e. The minimum absolute atomic E-state index is 0.433. The molecular weight excluding hydrogens is 416 g/mol. The lowest BCUT2D eigenvalue weighted by Gasteiger charge is -2.11. The lowest BCUT2D eigenvalue weighted by molar-refractivity contribution is -0.666. The normalized spacial score (nSPS) is 11.5. The van der Waals surface area contributed by atoms with Gasteiger partial charge >= 0.3 is 0 Å². The molecule has 0 atom stereocenters. The highest BCUT2D eigenvalue weighted by molar-refractivity contribution is 6.15. The summed E-state index contributed by atoms with van der Waals surface area (Å²) in [6.07, 6.45) is 0. The van der Waals surface area contributed by atoms with Gasteiger partial charge in [0, 0.05) is 35.4 Å². The molecule has 2 heterocycles. The third kappa shape index (κ3) is 3.30. The van der Waals surface area contributed by atoms with E-state index in [1.54, 1.807) is 0 Å². The average Bonchev–Trinajstić information content (AvgIpc) is 3.18. The Morgan fingerprint density at radius 3 is 2.21 bits per heavy atom. The van der Waals surface area contributed by atoms with E-state index in [2.05, 4.69) is 86.6 Å². The van der Waals surface area contributed by atoms with E-state index in [9.17, 15) is 0 Å². The lowest BCUT2D eigenvalue weighted by atomic mass is 9.94. The van der Waals surface area contributed by atoms with E-state index in [0.29, 0.717) is 11.6 Å². The van der Waals surface area contributed by atoms with Crippen molar-refractivity contribution in [2.24, 2.45) is 7.05 Å². The van der Waals surface area contributed by atoms with Crippen LogP contribution >= 0.6 is 0 Å². The SMILES string of the molecule is [C-]#[N+]c1c(C)cc2c(oc3c(-c4cc(C(C)C)cc(C)[n+]4C)c(C)ccc32)c1-c1ccccc1. The first-order valence-corrected chi connectivity index (χ1v) is 11.7. The second-order valence-corrected chi connectivity index (χ2v) is 9.54. The zero-order valence-corrected chi connectivity index (χ0v) is 20.7. The van der Waals surface area contributed by atoms with Crippen LogP contribution in [0.4, 0.5) is 5.69 Å². The molecule has 2 aromatic heterocycles. The Balaban J connectivity index is 1.94. The number of aryl methyl sites for hydroxylation is 3. The molecule has 0 radical (unpaired) electrons. The Labute approximate surface area is 201 Å². The molecule has 0 saturated heterocycles. The van der Waals surface area contributed by atoms with Crippen molar-refractivity contribution in [2.45, 2.75) is 40.5 Å². The van der Waals surface area contributed by atoms with E-state index in [-0.39, 0.29) is 0 Å². The van der Waals surface area contributed by atoms with Gasteiger partial charge in [0.2, 0.25) is 11.4 Å². The van der Waals surface area contributed by atoms with E-state index < -0.39 is 0 Å². The highest BCUT2D eigenvalue weighted by atomic mass is 16.3. The Bertz CT molecular complexity index is 1620. The maximum absolute atomic E-state index is 7.89. The second kappa shape index (κ2) is 8.15. The quantitative estimate of drug-likeness (QED) is 0.202. The molecule has 168 valence electrons. The van der Waals surface area contributed by atoms with Crippen LogP contribution < -0.4 is 4.57 Å². The lowest BCUT2D eigenvalue weighted by Crippen LogP contribution is -2.35. The van der Waals surface area contributed by atoms with Crippen LogP contribution in [-0.2, 0) is 7.05 Å². The fourth-order valence-corrected chi connectivity index (χ4v) is 4.93. The fraction of sp³-hybridized carbons (Fsp3) is 0.226. The first-order chi connectivity index (χ1) is 16.3. The van der Waals surface area contributed by atoms with Crippen LogP contribution in [0.15, 0.2) is 65.1 Å². The minimum Gasteiger partial charge on any atom is -0.456 e. The summed E-state index contributed by atoms with van der Waals surface area (Å²) in [6, 6.07) is 21.1.